The monoisotopic (exact) mass is 655 g/mol. The number of hydrazone groups is 1. The van der Waals surface area contributed by atoms with Crippen molar-refractivity contribution < 1.29 is 0 Å². The van der Waals surface area contributed by atoms with Gasteiger partial charge in [-0.15, -0.1) is 0 Å². The van der Waals surface area contributed by atoms with Crippen molar-refractivity contribution in [2.45, 2.75) is 19.3 Å². The van der Waals surface area contributed by atoms with Crippen LogP contribution in [0.25, 0.3) is 32.7 Å². The summed E-state index contributed by atoms with van der Waals surface area (Å²) in [5, 5.41) is 9.68. The quantitative estimate of drug-likeness (QED) is 0.105. The van der Waals surface area contributed by atoms with Crippen molar-refractivity contribution in [3.8, 4) is 11.1 Å². The molecule has 0 unspecified atom stereocenters. The Labute approximate surface area is 299 Å². The molecule has 244 valence electrons. The summed E-state index contributed by atoms with van der Waals surface area (Å²) in [6.07, 6.45) is 0. The topological polar surface area (TPSA) is 27.6 Å². The van der Waals surface area contributed by atoms with E-state index in [1.54, 1.807) is 0 Å². The zero-order valence-electron chi connectivity index (χ0n) is 28.7. The highest BCUT2D eigenvalue weighted by Crippen LogP contribution is 2.51. The number of fused-ring (bicyclic) bond motifs is 6. The standard InChI is InChI=1S/C48H37N3/c1-48(2)43-25-13-12-22-39(43)40-29-28-36(32-44(40)48)51(35-20-10-5-11-21-35)46-27-15-24-38-37-23-14-26-45(41(37)30-31-42(38)46)49-50-47(33-16-6-3-7-17-33)34-18-8-4-9-19-34/h3-32,49H,1-2H3. The third-order valence-corrected chi connectivity index (χ3v) is 10.4. The van der Waals surface area contributed by atoms with E-state index in [1.165, 1.54) is 38.4 Å². The summed E-state index contributed by atoms with van der Waals surface area (Å²) in [5.74, 6) is 0. The molecule has 0 bridgehead atoms. The van der Waals surface area contributed by atoms with Crippen LogP contribution in [-0.4, -0.2) is 5.71 Å². The van der Waals surface area contributed by atoms with E-state index in [2.05, 4.69) is 194 Å². The van der Waals surface area contributed by atoms with Gasteiger partial charge >= 0.3 is 0 Å². The van der Waals surface area contributed by atoms with Gasteiger partial charge in [-0.3, -0.25) is 5.43 Å². The molecule has 1 aliphatic rings. The van der Waals surface area contributed by atoms with E-state index in [9.17, 15) is 0 Å². The molecule has 3 heteroatoms. The molecule has 1 aliphatic carbocycles. The Morgan fingerprint density at radius 3 is 1.78 bits per heavy atom. The van der Waals surface area contributed by atoms with E-state index in [1.807, 2.05) is 12.1 Å². The minimum absolute atomic E-state index is 0.0912. The van der Waals surface area contributed by atoms with E-state index in [0.717, 1.165) is 45.0 Å². The lowest BCUT2D eigenvalue weighted by Crippen LogP contribution is -2.16. The molecule has 9 rings (SSSR count). The molecule has 0 spiro atoms. The zero-order chi connectivity index (χ0) is 34.4. The summed E-state index contributed by atoms with van der Waals surface area (Å²) in [6, 6.07) is 64.8. The molecule has 0 aliphatic heterocycles. The normalized spacial score (nSPS) is 12.7. The molecule has 8 aromatic rings. The Kier molecular flexibility index (Phi) is 7.48. The molecule has 0 radical (unpaired) electrons. The lowest BCUT2D eigenvalue weighted by molar-refractivity contribution is 0.660. The lowest BCUT2D eigenvalue weighted by atomic mass is 9.82. The van der Waals surface area contributed by atoms with E-state index in [0.29, 0.717) is 0 Å². The largest absolute Gasteiger partial charge is 0.310 e. The van der Waals surface area contributed by atoms with Crippen molar-refractivity contribution in [3.05, 3.63) is 204 Å². The van der Waals surface area contributed by atoms with Crippen LogP contribution in [-0.2, 0) is 5.41 Å². The van der Waals surface area contributed by atoms with Crippen LogP contribution in [0.15, 0.2) is 187 Å². The predicted octanol–water partition coefficient (Wildman–Crippen LogP) is 12.6. The highest BCUT2D eigenvalue weighted by Gasteiger charge is 2.35. The number of para-hydroxylation sites is 1. The third kappa shape index (κ3) is 5.26. The van der Waals surface area contributed by atoms with Crippen LogP contribution in [0.4, 0.5) is 22.7 Å². The van der Waals surface area contributed by atoms with Crippen molar-refractivity contribution in [2.24, 2.45) is 5.10 Å². The van der Waals surface area contributed by atoms with Crippen LogP contribution in [0.3, 0.4) is 0 Å². The fourth-order valence-electron chi connectivity index (χ4n) is 7.84. The summed E-state index contributed by atoms with van der Waals surface area (Å²) >= 11 is 0. The van der Waals surface area contributed by atoms with Crippen LogP contribution >= 0.6 is 0 Å². The summed E-state index contributed by atoms with van der Waals surface area (Å²) in [7, 11) is 0. The number of hydrogen-bond acceptors (Lipinski definition) is 3. The SMILES string of the molecule is CC1(C)c2ccccc2-c2ccc(N(c3ccccc3)c3cccc4c3ccc3c(NN=C(c5ccccc5)c5ccccc5)cccc34)cc21. The number of nitrogens with zero attached hydrogens (tertiary/aromatic N) is 2. The zero-order valence-corrected chi connectivity index (χ0v) is 28.7. The molecule has 0 saturated carbocycles. The van der Waals surface area contributed by atoms with Gasteiger partial charge in [-0.2, -0.15) is 5.10 Å². The molecule has 0 atom stereocenters. The number of nitrogens with one attached hydrogen (secondary N) is 1. The average molecular weight is 656 g/mol. The van der Waals surface area contributed by atoms with Crippen LogP contribution < -0.4 is 10.3 Å². The van der Waals surface area contributed by atoms with Gasteiger partial charge in [0.15, 0.2) is 0 Å². The minimum Gasteiger partial charge on any atom is -0.310 e. The van der Waals surface area contributed by atoms with Gasteiger partial charge in [0.05, 0.1) is 17.1 Å². The number of anilines is 4. The molecule has 3 nitrogen and oxygen atoms in total. The lowest BCUT2D eigenvalue weighted by Gasteiger charge is -2.29. The highest BCUT2D eigenvalue weighted by atomic mass is 15.3. The fraction of sp³-hybridized carbons (Fsp3) is 0.0625. The van der Waals surface area contributed by atoms with Crippen molar-refractivity contribution in [1.29, 1.82) is 0 Å². The summed E-state index contributed by atoms with van der Waals surface area (Å²) in [4.78, 5) is 2.41. The molecule has 0 saturated heterocycles. The fourth-order valence-corrected chi connectivity index (χ4v) is 7.84. The summed E-state index contributed by atoms with van der Waals surface area (Å²) in [6.45, 7) is 4.69. The summed E-state index contributed by atoms with van der Waals surface area (Å²) < 4.78 is 0. The van der Waals surface area contributed by atoms with Gasteiger partial charge in [-0.25, -0.2) is 0 Å². The van der Waals surface area contributed by atoms with Crippen molar-refractivity contribution >= 4 is 50.0 Å². The first-order valence-corrected chi connectivity index (χ1v) is 17.6. The highest BCUT2D eigenvalue weighted by molar-refractivity contribution is 6.16. The van der Waals surface area contributed by atoms with Crippen molar-refractivity contribution in [2.75, 3.05) is 10.3 Å². The first-order chi connectivity index (χ1) is 25.1. The van der Waals surface area contributed by atoms with Gasteiger partial charge in [0.2, 0.25) is 0 Å². The second kappa shape index (κ2) is 12.5. The minimum atomic E-state index is -0.0912. The first kappa shape index (κ1) is 30.6. The molecule has 51 heavy (non-hydrogen) atoms. The maximum Gasteiger partial charge on any atom is 0.0977 e. The first-order valence-electron chi connectivity index (χ1n) is 17.6. The second-order valence-electron chi connectivity index (χ2n) is 13.7. The number of hydrogen-bond donors (Lipinski definition) is 1. The number of rotatable bonds is 7. The third-order valence-electron chi connectivity index (χ3n) is 10.4. The van der Waals surface area contributed by atoms with Crippen LogP contribution in [0.5, 0.6) is 0 Å². The predicted molar refractivity (Wildman–Crippen MR) is 216 cm³/mol. The van der Waals surface area contributed by atoms with Gasteiger partial charge in [0, 0.05) is 38.7 Å². The Hall–Kier alpha value is -6.45. The van der Waals surface area contributed by atoms with E-state index in [4.69, 9.17) is 5.10 Å². The Bertz CT molecular complexity index is 2530. The molecule has 0 aromatic heterocycles. The molecule has 8 aromatic carbocycles. The van der Waals surface area contributed by atoms with Crippen LogP contribution in [0.2, 0.25) is 0 Å². The Balaban J connectivity index is 1.17. The Morgan fingerprint density at radius 2 is 1.06 bits per heavy atom. The molecule has 0 heterocycles. The van der Waals surface area contributed by atoms with Crippen molar-refractivity contribution in [1.82, 2.24) is 0 Å². The van der Waals surface area contributed by atoms with Gasteiger partial charge in [-0.05, 0) is 69.4 Å². The van der Waals surface area contributed by atoms with Crippen molar-refractivity contribution in [3.63, 3.8) is 0 Å². The molecule has 0 fully saturated rings. The van der Waals surface area contributed by atoms with Crippen LogP contribution in [0, 0.1) is 0 Å². The summed E-state index contributed by atoms with van der Waals surface area (Å²) in [5.41, 5.74) is 16.1. The van der Waals surface area contributed by atoms with Gasteiger partial charge in [0.1, 0.15) is 0 Å². The number of benzene rings is 8. The molecule has 1 N–H and O–H groups in total. The van der Waals surface area contributed by atoms with Gasteiger partial charge in [0.25, 0.3) is 0 Å². The van der Waals surface area contributed by atoms with Crippen LogP contribution in [0.1, 0.15) is 36.1 Å². The van der Waals surface area contributed by atoms with E-state index >= 15 is 0 Å². The Morgan fingerprint density at radius 1 is 0.471 bits per heavy atom. The van der Waals surface area contributed by atoms with E-state index < -0.39 is 0 Å². The molecular formula is C48H37N3. The van der Waals surface area contributed by atoms with E-state index in [-0.39, 0.29) is 5.41 Å². The molecule has 0 amide bonds. The van der Waals surface area contributed by atoms with Gasteiger partial charge in [-0.1, -0.05) is 159 Å². The smallest absolute Gasteiger partial charge is 0.0977 e. The maximum atomic E-state index is 5.00. The maximum absolute atomic E-state index is 5.00. The molecular weight excluding hydrogens is 619 g/mol. The second-order valence-corrected chi connectivity index (χ2v) is 13.7. The average Bonchev–Trinajstić information content (AvgIpc) is 3.42. The van der Waals surface area contributed by atoms with Gasteiger partial charge < -0.3 is 4.90 Å².